The molecule has 1 aliphatic rings. The largest absolute Gasteiger partial charge is 0.507 e. The van der Waals surface area contributed by atoms with Gasteiger partial charge in [-0.15, -0.1) is 0 Å². The van der Waals surface area contributed by atoms with Crippen molar-refractivity contribution in [2.24, 2.45) is 0 Å². The molecular formula is C54H51N3O. The Morgan fingerprint density at radius 1 is 0.569 bits per heavy atom. The summed E-state index contributed by atoms with van der Waals surface area (Å²) in [4.78, 5) is 10.4. The third-order valence-electron chi connectivity index (χ3n) is 12.4. The van der Waals surface area contributed by atoms with Gasteiger partial charge >= 0.3 is 0 Å². The van der Waals surface area contributed by atoms with Crippen molar-refractivity contribution in [2.75, 3.05) is 0 Å². The van der Waals surface area contributed by atoms with E-state index in [0.29, 0.717) is 5.75 Å². The van der Waals surface area contributed by atoms with E-state index in [1.54, 1.807) is 0 Å². The molecule has 0 spiro atoms. The van der Waals surface area contributed by atoms with Gasteiger partial charge in [-0.2, -0.15) is 0 Å². The number of nitrogens with zero attached hydrogens (tertiary/aromatic N) is 3. The molecule has 58 heavy (non-hydrogen) atoms. The average molecular weight is 758 g/mol. The topological polar surface area (TPSA) is 50.9 Å². The molecule has 0 bridgehead atoms. The third kappa shape index (κ3) is 6.61. The molecule has 0 amide bonds. The maximum atomic E-state index is 12.3. The molecule has 8 aromatic rings. The monoisotopic (exact) mass is 757 g/mol. The molecule has 0 unspecified atom stereocenters. The summed E-state index contributed by atoms with van der Waals surface area (Å²) in [6.07, 6.45) is 4.00. The van der Waals surface area contributed by atoms with Crippen LogP contribution in [-0.2, 0) is 16.2 Å². The molecule has 0 aliphatic heterocycles. The van der Waals surface area contributed by atoms with Crippen LogP contribution in [-0.4, -0.2) is 19.6 Å². The third-order valence-corrected chi connectivity index (χ3v) is 12.4. The van der Waals surface area contributed by atoms with Crippen molar-refractivity contribution < 1.29 is 5.11 Å². The van der Waals surface area contributed by atoms with Crippen LogP contribution in [0.25, 0.3) is 72.7 Å². The molecular weight excluding hydrogens is 707 g/mol. The van der Waals surface area contributed by atoms with Gasteiger partial charge in [0.1, 0.15) is 11.6 Å². The Bertz CT molecular complexity index is 2800. The van der Waals surface area contributed by atoms with E-state index in [1.165, 1.54) is 22.3 Å². The number of fused-ring (bicyclic) bond motifs is 2. The van der Waals surface area contributed by atoms with Crippen molar-refractivity contribution in [1.82, 2.24) is 14.5 Å². The fraction of sp³-hybridized carbons (Fsp3) is 0.222. The van der Waals surface area contributed by atoms with Gasteiger partial charge in [0.2, 0.25) is 0 Å². The van der Waals surface area contributed by atoms with Crippen molar-refractivity contribution in [3.05, 3.63) is 168 Å². The minimum absolute atomic E-state index is 0.0231. The molecule has 4 nitrogen and oxygen atoms in total. The lowest BCUT2D eigenvalue weighted by atomic mass is 9.62. The summed E-state index contributed by atoms with van der Waals surface area (Å²) < 4.78 is 2.21. The first-order valence-electron chi connectivity index (χ1n) is 20.5. The summed E-state index contributed by atoms with van der Waals surface area (Å²) in [6, 6.07) is 51.6. The first-order chi connectivity index (χ1) is 27.8. The van der Waals surface area contributed by atoms with Gasteiger partial charge in [0.25, 0.3) is 0 Å². The number of rotatable bonds is 6. The molecule has 9 rings (SSSR count). The van der Waals surface area contributed by atoms with E-state index in [4.69, 9.17) is 9.97 Å². The van der Waals surface area contributed by atoms with Gasteiger partial charge in [-0.25, -0.2) is 4.98 Å². The number of phenolic OH excluding ortho intramolecular Hbond substituents is 1. The summed E-state index contributed by atoms with van der Waals surface area (Å²) in [6.45, 7) is 15.9. The summed E-state index contributed by atoms with van der Waals surface area (Å²) in [7, 11) is 0. The van der Waals surface area contributed by atoms with E-state index in [-0.39, 0.29) is 16.2 Å². The zero-order valence-electron chi connectivity index (χ0n) is 34.6. The van der Waals surface area contributed by atoms with E-state index in [0.717, 1.165) is 80.0 Å². The first kappa shape index (κ1) is 37.3. The van der Waals surface area contributed by atoms with Crippen LogP contribution >= 0.6 is 0 Å². The van der Waals surface area contributed by atoms with Crippen LogP contribution in [0.3, 0.4) is 0 Å². The van der Waals surface area contributed by atoms with Gasteiger partial charge < -0.3 is 5.11 Å². The lowest BCUT2D eigenvalue weighted by Gasteiger charge is -2.42. The van der Waals surface area contributed by atoms with Crippen LogP contribution < -0.4 is 0 Å². The highest BCUT2D eigenvalue weighted by Crippen LogP contribution is 2.52. The highest BCUT2D eigenvalue weighted by Gasteiger charge is 2.40. The number of imidazole rings is 1. The fourth-order valence-electron chi connectivity index (χ4n) is 8.87. The lowest BCUT2D eigenvalue weighted by Crippen LogP contribution is -2.34. The second-order valence-electron chi connectivity index (χ2n) is 18.4. The molecule has 2 aromatic heterocycles. The first-order valence-corrected chi connectivity index (χ1v) is 20.5. The molecule has 1 N–H and O–H groups in total. The fourth-order valence-corrected chi connectivity index (χ4v) is 8.87. The second-order valence-corrected chi connectivity index (χ2v) is 18.4. The number of pyridine rings is 1. The molecule has 0 fully saturated rings. The number of hydrogen-bond donors (Lipinski definition) is 1. The number of benzene rings is 6. The normalized spacial score (nSPS) is 14.7. The summed E-state index contributed by atoms with van der Waals surface area (Å²) in [5.74, 6) is 1.06. The Morgan fingerprint density at radius 2 is 1.21 bits per heavy atom. The van der Waals surface area contributed by atoms with E-state index in [1.807, 2.05) is 18.3 Å². The quantitative estimate of drug-likeness (QED) is 0.184. The summed E-state index contributed by atoms with van der Waals surface area (Å²) >= 11 is 0. The molecule has 4 heteroatoms. The summed E-state index contributed by atoms with van der Waals surface area (Å²) in [5, 5.41) is 12.3. The molecule has 0 atom stereocenters. The second kappa shape index (κ2) is 14.0. The van der Waals surface area contributed by atoms with Gasteiger partial charge in [-0.3, -0.25) is 9.55 Å². The molecule has 6 aromatic carbocycles. The summed E-state index contributed by atoms with van der Waals surface area (Å²) in [5.41, 5.74) is 15.6. The van der Waals surface area contributed by atoms with Crippen LogP contribution in [0, 0.1) is 0 Å². The Morgan fingerprint density at radius 3 is 1.91 bits per heavy atom. The Balaban J connectivity index is 1.21. The predicted molar refractivity (Wildman–Crippen MR) is 242 cm³/mol. The Hall–Kier alpha value is -6.26. The molecule has 0 radical (unpaired) electrons. The van der Waals surface area contributed by atoms with Gasteiger partial charge in [0.05, 0.1) is 22.3 Å². The number of para-hydroxylation sites is 2. The van der Waals surface area contributed by atoms with Gasteiger partial charge in [-0.1, -0.05) is 146 Å². The Labute approximate surface area is 342 Å². The zero-order chi connectivity index (χ0) is 40.4. The van der Waals surface area contributed by atoms with Crippen molar-refractivity contribution >= 4 is 11.0 Å². The van der Waals surface area contributed by atoms with Gasteiger partial charge in [0.15, 0.2) is 0 Å². The van der Waals surface area contributed by atoms with Crippen molar-refractivity contribution in [2.45, 2.75) is 77.6 Å². The number of aromatic nitrogens is 3. The van der Waals surface area contributed by atoms with Gasteiger partial charge in [0, 0.05) is 28.6 Å². The van der Waals surface area contributed by atoms with Crippen LogP contribution in [0.5, 0.6) is 5.75 Å². The zero-order valence-corrected chi connectivity index (χ0v) is 34.6. The minimum atomic E-state index is -0.166. The van der Waals surface area contributed by atoms with E-state index in [9.17, 15) is 5.11 Å². The maximum absolute atomic E-state index is 12.3. The molecule has 0 saturated heterocycles. The van der Waals surface area contributed by atoms with Gasteiger partial charge in [-0.05, 0) is 117 Å². The molecule has 288 valence electrons. The van der Waals surface area contributed by atoms with E-state index >= 15 is 0 Å². The predicted octanol–water partition coefficient (Wildman–Crippen LogP) is 14.1. The molecule has 1 aliphatic carbocycles. The van der Waals surface area contributed by atoms with Crippen molar-refractivity contribution in [3.63, 3.8) is 0 Å². The minimum Gasteiger partial charge on any atom is -0.507 e. The standard InChI is InChI=1S/C54H51N3O/c1-52(2,3)41-32-39(31-40(33-41)46-34-38(27-30-55-46)37-23-21-36(22-24-37)35-15-10-8-11-16-35)43-19-14-20-47-49(43)56-51(57(47)42-17-12-9-13-18-42)44-25-26-45-48(50(44)58)54(6,7)29-28-53(45,4)5/h8-27,30-34,58H,28-29H2,1-7H3. The van der Waals surface area contributed by atoms with Crippen LogP contribution in [0.1, 0.15) is 78.0 Å². The van der Waals surface area contributed by atoms with E-state index < -0.39 is 0 Å². The Kier molecular flexibility index (Phi) is 9.00. The van der Waals surface area contributed by atoms with Crippen molar-refractivity contribution in [3.8, 4) is 67.5 Å². The number of phenols is 1. The highest BCUT2D eigenvalue weighted by molar-refractivity contribution is 5.97. The van der Waals surface area contributed by atoms with Crippen molar-refractivity contribution in [1.29, 1.82) is 0 Å². The molecule has 0 saturated carbocycles. The highest BCUT2D eigenvalue weighted by atomic mass is 16.3. The van der Waals surface area contributed by atoms with E-state index in [2.05, 4.69) is 186 Å². The number of hydrogen-bond acceptors (Lipinski definition) is 3. The SMILES string of the molecule is CC(C)(C)c1cc(-c2cc(-c3ccc(-c4ccccc4)cc3)ccn2)cc(-c2cccc3c2nc(-c2ccc4c(c2O)C(C)(C)CCC4(C)C)n3-c2ccccc2)c1. The molecule has 2 heterocycles. The van der Waals surface area contributed by atoms with Crippen LogP contribution in [0.15, 0.2) is 152 Å². The van der Waals surface area contributed by atoms with Crippen LogP contribution in [0.2, 0.25) is 0 Å². The maximum Gasteiger partial charge on any atom is 0.149 e. The lowest BCUT2D eigenvalue weighted by molar-refractivity contribution is 0.318. The number of aromatic hydroxyl groups is 1. The van der Waals surface area contributed by atoms with Crippen LogP contribution in [0.4, 0.5) is 0 Å². The smallest absolute Gasteiger partial charge is 0.149 e. The average Bonchev–Trinajstić information content (AvgIpc) is 3.62.